The zero-order valence-corrected chi connectivity index (χ0v) is 10.6. The largest absolute Gasteiger partial charge is 0.370 e. The van der Waals surface area contributed by atoms with E-state index < -0.39 is 0 Å². The standard InChI is InChI=1S/C9H13N3O2.C2H6/c1-6(13)11(2)9-7-4-14-5-8(7)10-12(9)3;1-2/h4-5H2,1-3H3;1-2H3. The van der Waals surface area contributed by atoms with E-state index in [1.54, 1.807) is 16.6 Å². The molecule has 1 aliphatic heterocycles. The summed E-state index contributed by atoms with van der Waals surface area (Å²) < 4.78 is 7.00. The average Bonchev–Trinajstić information content (AvgIpc) is 2.79. The number of carbonyl (C=O) groups is 1. The summed E-state index contributed by atoms with van der Waals surface area (Å²) in [4.78, 5) is 12.8. The van der Waals surface area contributed by atoms with Crippen molar-refractivity contribution in [1.29, 1.82) is 0 Å². The van der Waals surface area contributed by atoms with Crippen molar-refractivity contribution in [1.82, 2.24) is 9.78 Å². The molecule has 90 valence electrons. The zero-order valence-electron chi connectivity index (χ0n) is 10.6. The first-order chi connectivity index (χ1) is 7.61. The Morgan fingerprint density at radius 2 is 2.06 bits per heavy atom. The summed E-state index contributed by atoms with van der Waals surface area (Å²) in [6.07, 6.45) is 0. The molecule has 2 rings (SSSR count). The minimum atomic E-state index is 0.00250. The van der Waals surface area contributed by atoms with Crippen LogP contribution in [-0.2, 0) is 29.8 Å². The Morgan fingerprint density at radius 3 is 2.62 bits per heavy atom. The summed E-state index contributed by atoms with van der Waals surface area (Å²) in [5.41, 5.74) is 1.97. The highest BCUT2D eigenvalue weighted by molar-refractivity contribution is 5.90. The van der Waals surface area contributed by atoms with Crippen molar-refractivity contribution in [2.24, 2.45) is 7.05 Å². The third-order valence-corrected chi connectivity index (χ3v) is 2.47. The lowest BCUT2D eigenvalue weighted by Crippen LogP contribution is -2.26. The van der Waals surface area contributed by atoms with E-state index in [1.807, 2.05) is 20.9 Å². The molecule has 0 aromatic carbocycles. The number of nitrogens with zero attached hydrogens (tertiary/aromatic N) is 3. The zero-order chi connectivity index (χ0) is 12.3. The van der Waals surface area contributed by atoms with Crippen LogP contribution in [0.15, 0.2) is 0 Å². The third-order valence-electron chi connectivity index (χ3n) is 2.47. The molecule has 0 saturated heterocycles. The molecule has 5 nitrogen and oxygen atoms in total. The van der Waals surface area contributed by atoms with E-state index >= 15 is 0 Å². The Balaban J connectivity index is 0.000000606. The van der Waals surface area contributed by atoms with Gasteiger partial charge in [-0.15, -0.1) is 0 Å². The van der Waals surface area contributed by atoms with Crippen LogP contribution in [0.25, 0.3) is 0 Å². The molecule has 1 amide bonds. The number of rotatable bonds is 1. The molecule has 16 heavy (non-hydrogen) atoms. The first kappa shape index (κ1) is 12.7. The molecule has 0 saturated carbocycles. The molecular weight excluding hydrogens is 206 g/mol. The van der Waals surface area contributed by atoms with Gasteiger partial charge in [-0.1, -0.05) is 13.8 Å². The van der Waals surface area contributed by atoms with E-state index in [0.717, 1.165) is 17.1 Å². The van der Waals surface area contributed by atoms with Crippen LogP contribution in [0.3, 0.4) is 0 Å². The van der Waals surface area contributed by atoms with Gasteiger partial charge in [0, 0.05) is 26.6 Å². The number of fused-ring (bicyclic) bond motifs is 1. The summed E-state index contributed by atoms with van der Waals surface area (Å²) in [5, 5.41) is 4.29. The Hall–Kier alpha value is -1.36. The monoisotopic (exact) mass is 225 g/mol. The normalized spacial score (nSPS) is 12.8. The highest BCUT2D eigenvalue weighted by atomic mass is 16.5. The van der Waals surface area contributed by atoms with Crippen LogP contribution in [0, 0.1) is 0 Å². The topological polar surface area (TPSA) is 47.4 Å². The number of carbonyl (C=O) groups excluding carboxylic acids is 1. The second-order valence-corrected chi connectivity index (χ2v) is 3.44. The smallest absolute Gasteiger partial charge is 0.224 e. The van der Waals surface area contributed by atoms with Crippen LogP contribution in [0.2, 0.25) is 0 Å². The van der Waals surface area contributed by atoms with Gasteiger partial charge in [0.15, 0.2) is 0 Å². The lowest BCUT2D eigenvalue weighted by molar-refractivity contribution is -0.116. The lowest BCUT2D eigenvalue weighted by atomic mass is 10.2. The Morgan fingerprint density at radius 1 is 1.44 bits per heavy atom. The van der Waals surface area contributed by atoms with Crippen molar-refractivity contribution in [3.63, 3.8) is 0 Å². The molecule has 0 atom stereocenters. The number of amides is 1. The van der Waals surface area contributed by atoms with Crippen LogP contribution in [0.1, 0.15) is 32.0 Å². The molecular formula is C11H19N3O2. The maximum absolute atomic E-state index is 11.2. The second kappa shape index (κ2) is 5.12. The number of aryl methyl sites for hydroxylation is 1. The second-order valence-electron chi connectivity index (χ2n) is 3.44. The van der Waals surface area contributed by atoms with Crippen molar-refractivity contribution in [2.75, 3.05) is 11.9 Å². The molecule has 0 aliphatic carbocycles. The minimum absolute atomic E-state index is 0.00250. The molecule has 5 heteroatoms. The van der Waals surface area contributed by atoms with E-state index in [-0.39, 0.29) is 5.91 Å². The maximum Gasteiger partial charge on any atom is 0.224 e. The number of hydrogen-bond donors (Lipinski definition) is 0. The molecule has 0 bridgehead atoms. The first-order valence-electron chi connectivity index (χ1n) is 5.48. The Kier molecular flexibility index (Phi) is 4.06. The first-order valence-corrected chi connectivity index (χ1v) is 5.48. The van der Waals surface area contributed by atoms with E-state index in [4.69, 9.17) is 4.74 Å². The molecule has 1 aromatic rings. The van der Waals surface area contributed by atoms with Gasteiger partial charge in [-0.25, -0.2) is 0 Å². The highest BCUT2D eigenvalue weighted by Crippen LogP contribution is 2.28. The van der Waals surface area contributed by atoms with Crippen LogP contribution in [-0.4, -0.2) is 22.7 Å². The molecule has 0 N–H and O–H groups in total. The predicted molar refractivity (Wildman–Crippen MR) is 62.1 cm³/mol. The lowest BCUT2D eigenvalue weighted by Gasteiger charge is -2.16. The van der Waals surface area contributed by atoms with Crippen LogP contribution in [0.5, 0.6) is 0 Å². The fourth-order valence-electron chi connectivity index (χ4n) is 1.70. The number of anilines is 1. The van der Waals surface area contributed by atoms with Gasteiger partial charge >= 0.3 is 0 Å². The van der Waals surface area contributed by atoms with Crippen molar-refractivity contribution >= 4 is 11.7 Å². The summed E-state index contributed by atoms with van der Waals surface area (Å²) >= 11 is 0. The SMILES string of the molecule is CC.CC(=O)N(C)c1c2c(nn1C)COC2. The fourth-order valence-corrected chi connectivity index (χ4v) is 1.70. The fraction of sp³-hybridized carbons (Fsp3) is 0.636. The predicted octanol–water partition coefficient (Wildman–Crippen LogP) is 1.46. The summed E-state index contributed by atoms with van der Waals surface area (Å²) in [6.45, 7) is 6.64. The molecule has 0 unspecified atom stereocenters. The van der Waals surface area contributed by atoms with Gasteiger partial charge in [0.05, 0.1) is 18.9 Å². The van der Waals surface area contributed by atoms with Crippen LogP contribution >= 0.6 is 0 Å². The molecule has 1 aromatic heterocycles. The summed E-state index contributed by atoms with van der Waals surface area (Å²) in [7, 11) is 3.59. The quantitative estimate of drug-likeness (QED) is 0.727. The molecule has 1 aliphatic rings. The van der Waals surface area contributed by atoms with E-state index in [1.165, 1.54) is 6.92 Å². The minimum Gasteiger partial charge on any atom is -0.370 e. The molecule has 2 heterocycles. The third kappa shape index (κ3) is 2.09. The Labute approximate surface area is 96.0 Å². The number of hydrogen-bond acceptors (Lipinski definition) is 3. The van der Waals surface area contributed by atoms with Gasteiger partial charge < -0.3 is 9.64 Å². The molecule has 0 spiro atoms. The van der Waals surface area contributed by atoms with E-state index in [2.05, 4.69) is 5.10 Å². The van der Waals surface area contributed by atoms with Gasteiger partial charge in [-0.2, -0.15) is 5.10 Å². The van der Waals surface area contributed by atoms with Crippen LogP contribution < -0.4 is 4.90 Å². The Bertz CT molecular complexity index is 385. The van der Waals surface area contributed by atoms with Gasteiger partial charge in [0.2, 0.25) is 5.91 Å². The molecule has 0 radical (unpaired) electrons. The van der Waals surface area contributed by atoms with Gasteiger partial charge in [0.25, 0.3) is 0 Å². The van der Waals surface area contributed by atoms with E-state index in [0.29, 0.717) is 13.2 Å². The van der Waals surface area contributed by atoms with Crippen LogP contribution in [0.4, 0.5) is 5.82 Å². The van der Waals surface area contributed by atoms with Gasteiger partial charge in [-0.3, -0.25) is 9.48 Å². The molecule has 0 fully saturated rings. The van der Waals surface area contributed by atoms with Gasteiger partial charge in [0.1, 0.15) is 5.82 Å². The summed E-state index contributed by atoms with van der Waals surface area (Å²) in [5.74, 6) is 0.840. The maximum atomic E-state index is 11.2. The van der Waals surface area contributed by atoms with Crippen molar-refractivity contribution in [3.8, 4) is 0 Å². The highest BCUT2D eigenvalue weighted by Gasteiger charge is 2.24. The van der Waals surface area contributed by atoms with Crippen molar-refractivity contribution in [2.45, 2.75) is 34.0 Å². The van der Waals surface area contributed by atoms with Crippen molar-refractivity contribution < 1.29 is 9.53 Å². The number of aromatic nitrogens is 2. The van der Waals surface area contributed by atoms with Crippen molar-refractivity contribution in [3.05, 3.63) is 11.3 Å². The summed E-state index contributed by atoms with van der Waals surface area (Å²) in [6, 6.07) is 0. The number of ether oxygens (including phenoxy) is 1. The average molecular weight is 225 g/mol. The van der Waals surface area contributed by atoms with Gasteiger partial charge in [-0.05, 0) is 0 Å². The van der Waals surface area contributed by atoms with E-state index in [9.17, 15) is 4.79 Å².